The number of amides is 1. The van der Waals surface area contributed by atoms with Gasteiger partial charge in [-0.2, -0.15) is 0 Å². The molecule has 2 aromatic rings. The van der Waals surface area contributed by atoms with Crippen molar-refractivity contribution in [2.24, 2.45) is 0 Å². The van der Waals surface area contributed by atoms with Crippen LogP contribution in [0.25, 0.3) is 0 Å². The molecule has 0 radical (unpaired) electrons. The van der Waals surface area contributed by atoms with Gasteiger partial charge in [-0.15, -0.1) is 0 Å². The van der Waals surface area contributed by atoms with Crippen molar-refractivity contribution in [1.82, 2.24) is 24.3 Å². The molecular weight excluding hydrogens is 340 g/mol. The fourth-order valence-electron chi connectivity index (χ4n) is 3.27. The Morgan fingerprint density at radius 2 is 2.15 bits per heavy atom. The topological polar surface area (TPSA) is 54.3 Å². The highest BCUT2D eigenvalue weighted by Gasteiger charge is 2.29. The van der Waals surface area contributed by atoms with Gasteiger partial charge in [-0.25, -0.2) is 18.7 Å². The molecule has 140 valence electrons. The molecule has 3 rings (SSSR count). The number of pyridine rings is 1. The molecule has 0 aliphatic carbocycles. The average molecular weight is 363 g/mol. The second-order valence-corrected chi connectivity index (χ2v) is 6.86. The van der Waals surface area contributed by atoms with Gasteiger partial charge in [0, 0.05) is 50.6 Å². The zero-order chi connectivity index (χ0) is 18.7. The first-order chi connectivity index (χ1) is 12.5. The zero-order valence-corrected chi connectivity index (χ0v) is 15.0. The summed E-state index contributed by atoms with van der Waals surface area (Å²) >= 11 is 0. The summed E-state index contributed by atoms with van der Waals surface area (Å²) in [7, 11) is 4.03. The molecule has 1 aliphatic rings. The molecule has 26 heavy (non-hydrogen) atoms. The van der Waals surface area contributed by atoms with Crippen LogP contribution in [0.4, 0.5) is 8.78 Å². The zero-order valence-electron chi connectivity index (χ0n) is 15.0. The summed E-state index contributed by atoms with van der Waals surface area (Å²) in [4.78, 5) is 24.4. The first-order valence-electron chi connectivity index (χ1n) is 8.71. The Kier molecular flexibility index (Phi) is 5.61. The number of aromatic nitrogens is 3. The molecule has 2 aromatic heterocycles. The smallest absolute Gasteiger partial charge is 0.275 e. The number of imidazole rings is 1. The van der Waals surface area contributed by atoms with Crippen molar-refractivity contribution >= 4 is 5.91 Å². The molecular formula is C18H23F2N5O. The van der Waals surface area contributed by atoms with Crippen molar-refractivity contribution in [2.75, 3.05) is 33.7 Å². The van der Waals surface area contributed by atoms with Crippen LogP contribution >= 0.6 is 0 Å². The molecule has 1 aliphatic heterocycles. The van der Waals surface area contributed by atoms with Crippen molar-refractivity contribution in [3.8, 4) is 0 Å². The summed E-state index contributed by atoms with van der Waals surface area (Å²) in [6, 6.07) is 0.690. The standard InChI is InChI=1S/C18H23F2N5O/c1-23(2)8-9-24-7-5-21-17(24)13-4-3-6-25(12-13)18(26)16-15(20)10-14(19)11-22-16/h5,7,10-11,13H,3-4,6,8-9,12H2,1-2H3. The van der Waals surface area contributed by atoms with Crippen LogP contribution in [-0.2, 0) is 6.54 Å². The Morgan fingerprint density at radius 1 is 1.35 bits per heavy atom. The van der Waals surface area contributed by atoms with E-state index in [2.05, 4.69) is 19.4 Å². The molecule has 1 unspecified atom stereocenters. The van der Waals surface area contributed by atoms with Gasteiger partial charge in [-0.05, 0) is 26.9 Å². The number of carbonyl (C=O) groups excluding carboxylic acids is 1. The van der Waals surface area contributed by atoms with Crippen LogP contribution in [-0.4, -0.2) is 64.0 Å². The maximum Gasteiger partial charge on any atom is 0.275 e. The fourth-order valence-corrected chi connectivity index (χ4v) is 3.27. The van der Waals surface area contributed by atoms with E-state index < -0.39 is 17.5 Å². The Hall–Kier alpha value is -2.35. The summed E-state index contributed by atoms with van der Waals surface area (Å²) in [6.07, 6.45) is 6.31. The number of hydrogen-bond donors (Lipinski definition) is 0. The highest BCUT2D eigenvalue weighted by Crippen LogP contribution is 2.27. The molecule has 0 aromatic carbocycles. The van der Waals surface area contributed by atoms with Gasteiger partial charge in [0.2, 0.25) is 0 Å². The third-order valence-electron chi connectivity index (χ3n) is 4.62. The van der Waals surface area contributed by atoms with Crippen LogP contribution in [0.2, 0.25) is 0 Å². The molecule has 1 saturated heterocycles. The lowest BCUT2D eigenvalue weighted by molar-refractivity contribution is 0.0691. The van der Waals surface area contributed by atoms with E-state index in [9.17, 15) is 13.6 Å². The predicted molar refractivity (Wildman–Crippen MR) is 92.8 cm³/mol. The number of likely N-dealkylation sites (N-methyl/N-ethyl adjacent to an activating group) is 1. The van der Waals surface area contributed by atoms with E-state index >= 15 is 0 Å². The number of carbonyl (C=O) groups is 1. The highest BCUT2D eigenvalue weighted by atomic mass is 19.1. The van der Waals surface area contributed by atoms with Crippen LogP contribution in [0.3, 0.4) is 0 Å². The van der Waals surface area contributed by atoms with Gasteiger partial charge in [0.15, 0.2) is 11.5 Å². The van der Waals surface area contributed by atoms with Gasteiger partial charge in [0.1, 0.15) is 11.6 Å². The van der Waals surface area contributed by atoms with Gasteiger partial charge in [-0.1, -0.05) is 0 Å². The Labute approximate surface area is 151 Å². The Bertz CT molecular complexity index is 777. The third kappa shape index (κ3) is 4.07. The second-order valence-electron chi connectivity index (χ2n) is 6.86. The predicted octanol–water partition coefficient (Wildman–Crippen LogP) is 2.14. The molecule has 0 spiro atoms. The van der Waals surface area contributed by atoms with Crippen molar-refractivity contribution in [3.63, 3.8) is 0 Å². The van der Waals surface area contributed by atoms with Crippen LogP contribution in [0.5, 0.6) is 0 Å². The lowest BCUT2D eigenvalue weighted by Gasteiger charge is -2.32. The number of likely N-dealkylation sites (tertiary alicyclic amines) is 1. The van der Waals surface area contributed by atoms with Crippen LogP contribution < -0.4 is 0 Å². The minimum atomic E-state index is -0.926. The van der Waals surface area contributed by atoms with E-state index in [1.165, 1.54) is 0 Å². The molecule has 0 saturated carbocycles. The number of halogens is 2. The molecule has 3 heterocycles. The van der Waals surface area contributed by atoms with Crippen molar-refractivity contribution in [2.45, 2.75) is 25.3 Å². The average Bonchev–Trinajstić information content (AvgIpc) is 3.08. The van der Waals surface area contributed by atoms with Crippen LogP contribution in [0.1, 0.15) is 35.1 Å². The van der Waals surface area contributed by atoms with Crippen LogP contribution in [0.15, 0.2) is 24.7 Å². The summed E-state index contributed by atoms with van der Waals surface area (Å²) in [5, 5.41) is 0. The van der Waals surface area contributed by atoms with Crippen molar-refractivity contribution in [3.05, 3.63) is 47.8 Å². The minimum Gasteiger partial charge on any atom is -0.336 e. The van der Waals surface area contributed by atoms with E-state index in [1.807, 2.05) is 20.3 Å². The monoisotopic (exact) mass is 363 g/mol. The molecule has 6 nitrogen and oxygen atoms in total. The second kappa shape index (κ2) is 7.90. The van der Waals surface area contributed by atoms with Gasteiger partial charge in [0.05, 0.1) is 6.20 Å². The van der Waals surface area contributed by atoms with Gasteiger partial charge in [0.25, 0.3) is 5.91 Å². The number of rotatable bonds is 5. The Morgan fingerprint density at radius 3 is 2.88 bits per heavy atom. The van der Waals surface area contributed by atoms with Crippen molar-refractivity contribution in [1.29, 1.82) is 0 Å². The van der Waals surface area contributed by atoms with Gasteiger partial charge >= 0.3 is 0 Å². The first kappa shape index (κ1) is 18.4. The maximum absolute atomic E-state index is 13.9. The highest BCUT2D eigenvalue weighted by molar-refractivity contribution is 5.92. The quantitative estimate of drug-likeness (QED) is 0.817. The lowest BCUT2D eigenvalue weighted by atomic mass is 9.96. The normalized spacial score (nSPS) is 17.7. The molecule has 1 amide bonds. The van der Waals surface area contributed by atoms with E-state index in [0.29, 0.717) is 19.2 Å². The number of piperidine rings is 1. The lowest BCUT2D eigenvalue weighted by Crippen LogP contribution is -2.40. The summed E-state index contributed by atoms with van der Waals surface area (Å²) < 4.78 is 29.0. The maximum atomic E-state index is 13.9. The number of nitrogens with zero attached hydrogens (tertiary/aromatic N) is 5. The summed E-state index contributed by atoms with van der Waals surface area (Å²) in [6.45, 7) is 2.70. The number of hydrogen-bond acceptors (Lipinski definition) is 4. The molecule has 0 bridgehead atoms. The SMILES string of the molecule is CN(C)CCn1ccnc1C1CCCN(C(=O)c2ncc(F)cc2F)C1. The largest absolute Gasteiger partial charge is 0.336 e. The fraction of sp³-hybridized carbons (Fsp3) is 0.500. The molecule has 1 atom stereocenters. The molecule has 8 heteroatoms. The van der Waals surface area contributed by atoms with Gasteiger partial charge in [-0.3, -0.25) is 4.79 Å². The third-order valence-corrected chi connectivity index (χ3v) is 4.62. The van der Waals surface area contributed by atoms with E-state index in [4.69, 9.17) is 0 Å². The van der Waals surface area contributed by atoms with Gasteiger partial charge < -0.3 is 14.4 Å². The van der Waals surface area contributed by atoms with Crippen molar-refractivity contribution < 1.29 is 13.6 Å². The minimum absolute atomic E-state index is 0.0911. The molecule has 0 N–H and O–H groups in total. The Balaban J connectivity index is 1.73. The van der Waals surface area contributed by atoms with E-state index in [0.717, 1.165) is 38.0 Å². The first-order valence-corrected chi connectivity index (χ1v) is 8.71. The van der Waals surface area contributed by atoms with Crippen LogP contribution in [0, 0.1) is 11.6 Å². The molecule has 1 fully saturated rings. The summed E-state index contributed by atoms with van der Waals surface area (Å²) in [5.74, 6) is -1.19. The summed E-state index contributed by atoms with van der Waals surface area (Å²) in [5.41, 5.74) is -0.331. The van der Waals surface area contributed by atoms with E-state index in [-0.39, 0.29) is 11.6 Å². The van der Waals surface area contributed by atoms with E-state index in [1.54, 1.807) is 11.1 Å².